The van der Waals surface area contributed by atoms with Crippen LogP contribution in [0.25, 0.3) is 78.1 Å². The van der Waals surface area contributed by atoms with Crippen molar-refractivity contribution in [3.05, 3.63) is 273 Å². The zero-order chi connectivity index (χ0) is 75.5. The number of fused-ring (bicyclic) bond motifs is 9. The van der Waals surface area contributed by atoms with Crippen LogP contribution in [-0.2, 0) is 84.5 Å². The Bertz CT molecular complexity index is 5250. The number of rotatable bonds is 11. The van der Waals surface area contributed by atoms with Crippen molar-refractivity contribution in [2.45, 2.75) is 110 Å². The number of allylic oxidation sites excluding steroid dienone is 6. The van der Waals surface area contributed by atoms with Crippen LogP contribution in [0.2, 0.25) is 58.9 Å². The number of carbonyl (C=O) groups excluding carboxylic acids is 3. The van der Waals surface area contributed by atoms with Crippen molar-refractivity contribution in [1.29, 1.82) is 0 Å². The standard InChI is InChI=1S/C32H28NSi2.C20H18NO2SSi.C19H17N2OSi.3C5H8O2.3Ir/c1-34(2,3)31-19-12-22-33-32(31)24-20-21-30-28(23-24)27-17-10-11-18-29(27)35(30,25-13-6-4-7-14-25)26-15-8-5-9-16-26;1-25(2,3)15-10-11-21-18(13-15)14-8-9-20-17(12-14)16-6-4-5-7-19(16)24(20,22)23;1-23(2,3)14-8-9-17(20-12-14)13-10-16-15-6-4-5-7-18(15)22-19(16)21-11-13;3*1-4(6)3-5(2)7;;;/h4-19,21-23H,1-3H3;4-7,9-13H,1-3H3;4-10,12H,1-3H3;3*3,6H,1-2H3;;;/q3*-1;;;;;;. The predicted molar refractivity (Wildman–Crippen MR) is 434 cm³/mol. The summed E-state index contributed by atoms with van der Waals surface area (Å²) in [7, 11) is -10.2. The summed E-state index contributed by atoms with van der Waals surface area (Å²) in [6.45, 7) is 29.5. The van der Waals surface area contributed by atoms with Gasteiger partial charge in [-0.2, -0.15) is 0 Å². The van der Waals surface area contributed by atoms with Crippen LogP contribution in [0.4, 0.5) is 0 Å². The van der Waals surface area contributed by atoms with Crippen LogP contribution >= 0.6 is 0 Å². The number of aliphatic hydroxyl groups is 3. The SMILES string of the molecule is CC(=O)C=C(C)O.CC(=O)C=C(C)O.CC(=O)C=C(C)O.C[Si](C)(C)c1ccc(-c2[c-]nc3oc4ccccc4c3c2)nc1.C[Si](C)(C)c1cccnc1-c1[c-]cc2c(c1)-c1ccccc1[Si]2(c1ccccc1)c1ccccc1.C[Si](C)(C)c1ccnc(-c2[c-]cc3c(c2)-c2ccccc2S3(=O)=O)c1.[Ir].[Ir].[Ir]. The number of aromatic nitrogens is 4. The van der Waals surface area contributed by atoms with E-state index in [2.05, 4.69) is 232 Å². The Morgan fingerprint density at radius 2 is 0.981 bits per heavy atom. The van der Waals surface area contributed by atoms with Gasteiger partial charge >= 0.3 is 0 Å². The first-order valence-corrected chi connectivity index (χ1v) is 48.1. The van der Waals surface area contributed by atoms with Gasteiger partial charge in [-0.3, -0.25) is 14.4 Å². The summed E-state index contributed by atoms with van der Waals surface area (Å²) in [5.41, 5.74) is 11.3. The average molecular weight is 2040 g/mol. The maximum absolute atomic E-state index is 12.7. The fourth-order valence-electron chi connectivity index (χ4n) is 12.5. The van der Waals surface area contributed by atoms with Crippen molar-refractivity contribution < 1.29 is 103 Å². The minimum absolute atomic E-state index is 0. The molecule has 0 saturated carbocycles. The Morgan fingerprint density at radius 3 is 1.52 bits per heavy atom. The van der Waals surface area contributed by atoms with Gasteiger partial charge in [0.05, 0.1) is 46.4 Å². The summed E-state index contributed by atoms with van der Waals surface area (Å²) in [6, 6.07) is 76.2. The number of hydrogen-bond acceptors (Lipinski definition) is 13. The second kappa shape index (κ2) is 37.4. The number of ketones is 3. The summed E-state index contributed by atoms with van der Waals surface area (Å²) in [5, 5.41) is 36.9. The Balaban J connectivity index is 0.000000222. The number of benzene rings is 7. The smallest absolute Gasteiger partial charge is 0.173 e. The number of furan rings is 1. The Hall–Kier alpha value is -8.66. The van der Waals surface area contributed by atoms with Crippen LogP contribution in [0.15, 0.2) is 268 Å². The van der Waals surface area contributed by atoms with Gasteiger partial charge in [-0.15, -0.1) is 64.3 Å². The largest absolute Gasteiger partial charge is 0.512 e. The molecular formula is C86H87Ir3N4O9SSi4-3. The Kier molecular flexibility index (Phi) is 30.5. The van der Waals surface area contributed by atoms with Crippen molar-refractivity contribution >= 4 is 118 Å². The Labute approximate surface area is 673 Å². The molecule has 0 amide bonds. The molecule has 0 fully saturated rings. The number of carbonyl (C=O) groups is 3. The molecule has 21 heteroatoms. The maximum atomic E-state index is 12.7. The fraction of sp³-hybridized carbons (Fsp3) is 0.174. The van der Waals surface area contributed by atoms with Crippen LogP contribution in [0.3, 0.4) is 0 Å². The van der Waals surface area contributed by atoms with Crippen LogP contribution in [-0.4, -0.2) is 93.3 Å². The van der Waals surface area contributed by atoms with E-state index in [4.69, 9.17) is 24.7 Å². The summed E-state index contributed by atoms with van der Waals surface area (Å²) in [4.78, 5) is 49.1. The molecule has 7 heterocycles. The van der Waals surface area contributed by atoms with Gasteiger partial charge in [-0.25, -0.2) is 8.42 Å². The number of pyridine rings is 4. The number of nitrogens with zero attached hydrogens (tertiary/aromatic N) is 4. The molecule has 3 radical (unpaired) electrons. The monoisotopic (exact) mass is 2040 g/mol. The quantitative estimate of drug-likeness (QED) is 0.0477. The number of para-hydroxylation sites is 1. The molecule has 7 aromatic carbocycles. The first-order valence-electron chi connectivity index (χ1n) is 34.1. The van der Waals surface area contributed by atoms with Crippen molar-refractivity contribution in [3.8, 4) is 56.0 Å². The van der Waals surface area contributed by atoms with E-state index < -0.39 is 42.1 Å². The van der Waals surface area contributed by atoms with Gasteiger partial charge in [0.1, 0.15) is 19.4 Å². The molecule has 0 bridgehead atoms. The molecule has 14 rings (SSSR count). The molecule has 0 aliphatic carbocycles. The summed E-state index contributed by atoms with van der Waals surface area (Å²) < 4.78 is 31.1. The molecule has 5 aromatic heterocycles. The second-order valence-corrected chi connectivity index (χ2v) is 49.4. The molecule has 0 saturated heterocycles. The van der Waals surface area contributed by atoms with Crippen LogP contribution in [0, 0.1) is 18.3 Å². The molecule has 13 nitrogen and oxygen atoms in total. The predicted octanol–water partition coefficient (Wildman–Crippen LogP) is 15.9. The molecule has 0 spiro atoms. The van der Waals surface area contributed by atoms with Crippen molar-refractivity contribution in [3.63, 3.8) is 0 Å². The van der Waals surface area contributed by atoms with E-state index in [0.717, 1.165) is 61.3 Å². The first-order chi connectivity index (χ1) is 49.2. The van der Waals surface area contributed by atoms with Crippen molar-refractivity contribution in [2.75, 3.05) is 0 Å². The minimum Gasteiger partial charge on any atom is -0.512 e. The van der Waals surface area contributed by atoms with Gasteiger partial charge in [0.25, 0.3) is 0 Å². The third-order valence-electron chi connectivity index (χ3n) is 17.2. The molecule has 2 aliphatic heterocycles. The van der Waals surface area contributed by atoms with Gasteiger partial charge < -0.3 is 39.7 Å². The van der Waals surface area contributed by atoms with Gasteiger partial charge in [0, 0.05) is 103 Å². The van der Waals surface area contributed by atoms with Crippen LogP contribution < -0.4 is 36.3 Å². The van der Waals surface area contributed by atoms with Crippen LogP contribution in [0.1, 0.15) is 41.5 Å². The molecule has 0 unspecified atom stereocenters. The van der Waals surface area contributed by atoms with Gasteiger partial charge in [0.15, 0.2) is 27.2 Å². The van der Waals surface area contributed by atoms with E-state index in [1.54, 1.807) is 18.2 Å². The number of aliphatic hydroxyl groups excluding tert-OH is 3. The van der Waals surface area contributed by atoms with Gasteiger partial charge in [-0.1, -0.05) is 236 Å². The topological polar surface area (TPSA) is 211 Å². The van der Waals surface area contributed by atoms with E-state index in [1.165, 1.54) is 107 Å². The summed E-state index contributed by atoms with van der Waals surface area (Å²) in [5.74, 6) is -0.187. The van der Waals surface area contributed by atoms with Crippen molar-refractivity contribution in [1.82, 2.24) is 19.9 Å². The summed E-state index contributed by atoms with van der Waals surface area (Å²) >= 11 is 0. The molecule has 2 aliphatic rings. The number of hydrogen-bond donors (Lipinski definition) is 3. The molecule has 557 valence electrons. The molecule has 107 heavy (non-hydrogen) atoms. The van der Waals surface area contributed by atoms with E-state index >= 15 is 0 Å². The first kappa shape index (κ1) is 87.2. The molecule has 3 N–H and O–H groups in total. The molecule has 12 aromatic rings. The zero-order valence-corrected chi connectivity index (χ0v) is 74.5. The van der Waals surface area contributed by atoms with Gasteiger partial charge in [-0.05, 0) is 121 Å². The minimum atomic E-state index is -3.44. The third-order valence-corrected chi connectivity index (χ3v) is 30.0. The summed E-state index contributed by atoms with van der Waals surface area (Å²) in [6.07, 6.45) is 12.3. The maximum Gasteiger partial charge on any atom is 0.173 e. The van der Waals surface area contributed by atoms with E-state index in [0.29, 0.717) is 15.5 Å². The average Bonchev–Trinajstić information content (AvgIpc) is 1.51. The van der Waals surface area contributed by atoms with E-state index in [1.807, 2.05) is 61.1 Å². The Morgan fingerprint density at radius 1 is 0.449 bits per heavy atom. The zero-order valence-electron chi connectivity index (χ0n) is 62.5. The van der Waals surface area contributed by atoms with Gasteiger partial charge in [0.2, 0.25) is 0 Å². The molecule has 0 atom stereocenters. The second-order valence-electron chi connectivity index (χ2n) is 28.6. The number of sulfone groups is 1. The van der Waals surface area contributed by atoms with E-state index in [-0.39, 0.29) is 94.9 Å². The van der Waals surface area contributed by atoms with Crippen molar-refractivity contribution in [2.24, 2.45) is 0 Å². The molecular weight excluding hydrogens is 1950 g/mol. The fourth-order valence-corrected chi connectivity index (χ4v) is 22.9. The normalized spacial score (nSPS) is 12.8. The van der Waals surface area contributed by atoms with E-state index in [9.17, 15) is 22.8 Å². The van der Waals surface area contributed by atoms with Crippen LogP contribution in [0.5, 0.6) is 0 Å². The third kappa shape index (κ3) is 21.2.